The molecule has 10 heavy (non-hydrogen) atoms. The molecule has 0 spiro atoms. The van der Waals surface area contributed by atoms with Crippen molar-refractivity contribution >= 4 is 6.29 Å². The minimum atomic E-state index is 0.142. The number of hydrogen-bond acceptors (Lipinski definition) is 4. The quantitative estimate of drug-likeness (QED) is 0.522. The molecule has 1 rings (SSSR count). The first-order valence-electron chi connectivity index (χ1n) is 2.87. The Labute approximate surface area is 58.3 Å². The van der Waals surface area contributed by atoms with Crippen LogP contribution >= 0.6 is 0 Å². The molecule has 0 aliphatic rings. The number of carbonyl (C=O) groups excluding carboxylic acids is 1. The van der Waals surface area contributed by atoms with E-state index in [0.717, 1.165) is 11.4 Å². The molecule has 4 heteroatoms. The SMILES string of the molecule is Cc1nnc(C=O)nc1C. The van der Waals surface area contributed by atoms with Crippen LogP contribution in [0, 0.1) is 13.8 Å². The highest BCUT2D eigenvalue weighted by Gasteiger charge is 1.97. The average molecular weight is 137 g/mol. The Kier molecular flexibility index (Phi) is 1.71. The lowest BCUT2D eigenvalue weighted by Crippen LogP contribution is -2.00. The number of nitrogens with zero attached hydrogens (tertiary/aromatic N) is 3. The van der Waals surface area contributed by atoms with Crippen LogP contribution in [-0.4, -0.2) is 21.5 Å². The molecule has 1 aromatic heterocycles. The third kappa shape index (κ3) is 1.15. The van der Waals surface area contributed by atoms with E-state index in [-0.39, 0.29) is 5.82 Å². The summed E-state index contributed by atoms with van der Waals surface area (Å²) in [4.78, 5) is 14.0. The standard InChI is InChI=1S/C6H7N3O/c1-4-5(2)8-9-6(3-10)7-4/h3H,1-2H3. The van der Waals surface area contributed by atoms with Crippen LogP contribution in [0.1, 0.15) is 22.0 Å². The number of aldehydes is 1. The second-order valence-corrected chi connectivity index (χ2v) is 1.96. The van der Waals surface area contributed by atoms with Crippen molar-refractivity contribution in [1.29, 1.82) is 0 Å². The van der Waals surface area contributed by atoms with Gasteiger partial charge in [-0.2, -0.15) is 5.10 Å². The topological polar surface area (TPSA) is 55.7 Å². The first-order chi connectivity index (χ1) is 4.74. The molecule has 4 nitrogen and oxygen atoms in total. The van der Waals surface area contributed by atoms with E-state index < -0.39 is 0 Å². The van der Waals surface area contributed by atoms with Crippen molar-refractivity contribution in [3.05, 3.63) is 17.2 Å². The molecule has 0 aliphatic carbocycles. The van der Waals surface area contributed by atoms with Crippen LogP contribution in [0.3, 0.4) is 0 Å². The molecule has 0 fully saturated rings. The fourth-order valence-corrected chi connectivity index (χ4v) is 0.524. The minimum Gasteiger partial charge on any atom is -0.294 e. The highest BCUT2D eigenvalue weighted by molar-refractivity contribution is 5.68. The number of aromatic nitrogens is 3. The van der Waals surface area contributed by atoms with Crippen LogP contribution in [0.15, 0.2) is 0 Å². The number of hydrogen-bond donors (Lipinski definition) is 0. The zero-order chi connectivity index (χ0) is 7.56. The van der Waals surface area contributed by atoms with Crippen molar-refractivity contribution in [3.63, 3.8) is 0 Å². The van der Waals surface area contributed by atoms with E-state index in [2.05, 4.69) is 15.2 Å². The van der Waals surface area contributed by atoms with Gasteiger partial charge in [0.1, 0.15) is 0 Å². The molecule has 0 bridgehead atoms. The predicted octanol–water partition coefficient (Wildman–Crippen LogP) is 0.301. The molecule has 0 N–H and O–H groups in total. The summed E-state index contributed by atoms with van der Waals surface area (Å²) in [5.74, 6) is 0.142. The average Bonchev–Trinajstić information content (AvgIpc) is 1.95. The lowest BCUT2D eigenvalue weighted by molar-refractivity contribution is 0.111. The third-order valence-corrected chi connectivity index (χ3v) is 1.21. The van der Waals surface area contributed by atoms with Gasteiger partial charge in [-0.1, -0.05) is 0 Å². The fraction of sp³-hybridized carbons (Fsp3) is 0.333. The molecular formula is C6H7N3O. The Morgan fingerprint density at radius 3 is 2.40 bits per heavy atom. The smallest absolute Gasteiger partial charge is 0.214 e. The second kappa shape index (κ2) is 2.51. The van der Waals surface area contributed by atoms with E-state index in [1.165, 1.54) is 0 Å². The molecule has 1 heterocycles. The summed E-state index contributed by atoms with van der Waals surface area (Å²) in [7, 11) is 0. The first-order valence-corrected chi connectivity index (χ1v) is 2.87. The Bertz CT molecular complexity index is 259. The summed E-state index contributed by atoms with van der Waals surface area (Å²) in [6, 6.07) is 0. The number of aryl methyl sites for hydroxylation is 2. The molecule has 52 valence electrons. The van der Waals surface area contributed by atoms with Crippen molar-refractivity contribution in [1.82, 2.24) is 15.2 Å². The molecule has 0 aromatic carbocycles. The van der Waals surface area contributed by atoms with Gasteiger partial charge in [0.25, 0.3) is 0 Å². The maximum absolute atomic E-state index is 10.1. The van der Waals surface area contributed by atoms with Crippen LogP contribution in [0.5, 0.6) is 0 Å². The molecule has 0 saturated carbocycles. The zero-order valence-electron chi connectivity index (χ0n) is 5.83. The van der Waals surface area contributed by atoms with Crippen molar-refractivity contribution in [2.75, 3.05) is 0 Å². The van der Waals surface area contributed by atoms with Gasteiger partial charge in [0, 0.05) is 0 Å². The van der Waals surface area contributed by atoms with Gasteiger partial charge >= 0.3 is 0 Å². The molecule has 0 saturated heterocycles. The van der Waals surface area contributed by atoms with Crippen LogP contribution in [0.4, 0.5) is 0 Å². The fourth-order valence-electron chi connectivity index (χ4n) is 0.524. The van der Waals surface area contributed by atoms with Gasteiger partial charge in [0.15, 0.2) is 6.29 Å². The molecular weight excluding hydrogens is 130 g/mol. The maximum Gasteiger partial charge on any atom is 0.214 e. The predicted molar refractivity (Wildman–Crippen MR) is 34.7 cm³/mol. The summed E-state index contributed by atoms with van der Waals surface area (Å²) in [6.45, 7) is 3.58. The lowest BCUT2D eigenvalue weighted by Gasteiger charge is -1.94. The van der Waals surface area contributed by atoms with Crippen LogP contribution in [0.2, 0.25) is 0 Å². The molecule has 0 atom stereocenters. The van der Waals surface area contributed by atoms with Crippen molar-refractivity contribution in [3.8, 4) is 0 Å². The van der Waals surface area contributed by atoms with Gasteiger partial charge in [-0.3, -0.25) is 4.79 Å². The van der Waals surface area contributed by atoms with Crippen LogP contribution in [-0.2, 0) is 0 Å². The summed E-state index contributed by atoms with van der Waals surface area (Å²) in [5.41, 5.74) is 1.50. The minimum absolute atomic E-state index is 0.142. The molecule has 0 aliphatic heterocycles. The Morgan fingerprint density at radius 2 is 1.90 bits per heavy atom. The maximum atomic E-state index is 10.1. The molecule has 0 radical (unpaired) electrons. The summed E-state index contributed by atoms with van der Waals surface area (Å²) >= 11 is 0. The van der Waals surface area contributed by atoms with E-state index in [1.807, 2.05) is 0 Å². The van der Waals surface area contributed by atoms with Gasteiger partial charge in [0.05, 0.1) is 11.4 Å². The van der Waals surface area contributed by atoms with Crippen molar-refractivity contribution in [2.24, 2.45) is 0 Å². The largest absolute Gasteiger partial charge is 0.294 e. The van der Waals surface area contributed by atoms with Gasteiger partial charge in [-0.05, 0) is 13.8 Å². The Morgan fingerprint density at radius 1 is 1.20 bits per heavy atom. The summed E-state index contributed by atoms with van der Waals surface area (Å²) in [6.07, 6.45) is 0.583. The molecule has 1 aromatic rings. The van der Waals surface area contributed by atoms with E-state index in [0.29, 0.717) is 6.29 Å². The zero-order valence-corrected chi connectivity index (χ0v) is 5.83. The lowest BCUT2D eigenvalue weighted by atomic mass is 10.4. The van der Waals surface area contributed by atoms with Gasteiger partial charge < -0.3 is 0 Å². The van der Waals surface area contributed by atoms with E-state index in [1.54, 1.807) is 13.8 Å². The Balaban J connectivity index is 3.16. The van der Waals surface area contributed by atoms with Crippen LogP contribution in [0.25, 0.3) is 0 Å². The summed E-state index contributed by atoms with van der Waals surface area (Å²) < 4.78 is 0. The van der Waals surface area contributed by atoms with Crippen molar-refractivity contribution in [2.45, 2.75) is 13.8 Å². The normalized spacial score (nSPS) is 9.40. The highest BCUT2D eigenvalue weighted by atomic mass is 16.1. The molecule has 0 amide bonds. The van der Waals surface area contributed by atoms with Crippen molar-refractivity contribution < 1.29 is 4.79 Å². The number of rotatable bonds is 1. The Hall–Kier alpha value is -1.32. The van der Waals surface area contributed by atoms with E-state index in [4.69, 9.17) is 0 Å². The third-order valence-electron chi connectivity index (χ3n) is 1.21. The second-order valence-electron chi connectivity index (χ2n) is 1.96. The van der Waals surface area contributed by atoms with Gasteiger partial charge in [0.2, 0.25) is 5.82 Å². The highest BCUT2D eigenvalue weighted by Crippen LogP contribution is 1.95. The molecule has 0 unspecified atom stereocenters. The van der Waals surface area contributed by atoms with Gasteiger partial charge in [-0.25, -0.2) is 4.98 Å². The van der Waals surface area contributed by atoms with E-state index in [9.17, 15) is 4.79 Å². The monoisotopic (exact) mass is 137 g/mol. The van der Waals surface area contributed by atoms with E-state index >= 15 is 0 Å². The summed E-state index contributed by atoms with van der Waals surface area (Å²) in [5, 5.41) is 7.23. The van der Waals surface area contributed by atoms with Crippen LogP contribution < -0.4 is 0 Å². The first kappa shape index (κ1) is 6.80. The van der Waals surface area contributed by atoms with Gasteiger partial charge in [-0.15, -0.1) is 5.10 Å². The number of carbonyl (C=O) groups is 1.